The molecule has 0 fully saturated rings. The number of hydrogen-bond donors (Lipinski definition) is 3. The van der Waals surface area contributed by atoms with Crippen molar-refractivity contribution in [2.45, 2.75) is 6.10 Å². The predicted octanol–water partition coefficient (Wildman–Crippen LogP) is 2.33. The number of aliphatic hydroxyl groups is 1. The lowest BCUT2D eigenvalue weighted by Gasteiger charge is -2.12. The molecule has 4 nitrogen and oxygen atoms in total. The van der Waals surface area contributed by atoms with Crippen LogP contribution in [0.2, 0.25) is 0 Å². The third-order valence-electron chi connectivity index (χ3n) is 2.44. The van der Waals surface area contributed by atoms with E-state index in [2.05, 4.69) is 15.6 Å². The van der Waals surface area contributed by atoms with Gasteiger partial charge in [0, 0.05) is 31.5 Å². The summed E-state index contributed by atoms with van der Waals surface area (Å²) >= 11 is 1.59. The number of nitrogens with zero attached hydrogens (tertiary/aromatic N) is 1. The molecule has 0 radical (unpaired) electrons. The smallest absolute Gasteiger partial charge is 0.127 e. The van der Waals surface area contributed by atoms with E-state index in [0.29, 0.717) is 6.54 Å². The molecule has 2 heterocycles. The van der Waals surface area contributed by atoms with Crippen LogP contribution in [-0.2, 0) is 0 Å². The van der Waals surface area contributed by atoms with Crippen molar-refractivity contribution in [1.29, 1.82) is 0 Å². The average Bonchev–Trinajstić information content (AvgIpc) is 2.90. The lowest BCUT2D eigenvalue weighted by atomic mass is 10.2. The molecule has 90 valence electrons. The molecule has 0 saturated carbocycles. The van der Waals surface area contributed by atoms with Crippen molar-refractivity contribution in [2.75, 3.05) is 24.2 Å². The van der Waals surface area contributed by atoms with Gasteiger partial charge < -0.3 is 15.7 Å². The van der Waals surface area contributed by atoms with Crippen molar-refractivity contribution in [1.82, 2.24) is 4.98 Å². The molecule has 0 aliphatic heterocycles. The fourth-order valence-corrected chi connectivity index (χ4v) is 2.18. The molecule has 1 atom stereocenters. The molecule has 3 N–H and O–H groups in total. The zero-order valence-corrected chi connectivity index (χ0v) is 10.4. The van der Waals surface area contributed by atoms with Crippen molar-refractivity contribution in [3.63, 3.8) is 0 Å². The maximum absolute atomic E-state index is 9.91. The molecule has 0 saturated heterocycles. The Morgan fingerprint density at radius 1 is 1.47 bits per heavy atom. The molecule has 0 aliphatic carbocycles. The van der Waals surface area contributed by atoms with Crippen LogP contribution in [0.5, 0.6) is 0 Å². The van der Waals surface area contributed by atoms with Gasteiger partial charge in [0.1, 0.15) is 5.82 Å². The Balaban J connectivity index is 1.93. The van der Waals surface area contributed by atoms with Crippen LogP contribution >= 0.6 is 11.3 Å². The first-order valence-electron chi connectivity index (χ1n) is 5.37. The van der Waals surface area contributed by atoms with Gasteiger partial charge in [-0.1, -0.05) is 0 Å². The van der Waals surface area contributed by atoms with E-state index in [1.54, 1.807) is 17.5 Å². The van der Waals surface area contributed by atoms with E-state index < -0.39 is 6.10 Å². The Bertz CT molecular complexity index is 459. The number of anilines is 2. The summed E-state index contributed by atoms with van der Waals surface area (Å²) in [6.45, 7) is 0.490. The number of aromatic nitrogens is 1. The molecule has 0 amide bonds. The van der Waals surface area contributed by atoms with E-state index in [1.807, 2.05) is 36.0 Å². The second-order valence-electron chi connectivity index (χ2n) is 3.63. The Morgan fingerprint density at radius 2 is 2.35 bits per heavy atom. The average molecular weight is 249 g/mol. The van der Waals surface area contributed by atoms with Gasteiger partial charge in [-0.05, 0) is 28.5 Å². The minimum atomic E-state index is -0.479. The molecule has 2 rings (SSSR count). The van der Waals surface area contributed by atoms with Crippen LogP contribution in [0, 0.1) is 0 Å². The molecule has 0 aliphatic rings. The van der Waals surface area contributed by atoms with Gasteiger partial charge in [0.2, 0.25) is 0 Å². The predicted molar refractivity (Wildman–Crippen MR) is 71.6 cm³/mol. The fourth-order valence-electron chi connectivity index (χ4n) is 1.47. The first-order valence-corrected chi connectivity index (χ1v) is 6.31. The highest BCUT2D eigenvalue weighted by Crippen LogP contribution is 2.18. The molecule has 0 aromatic carbocycles. The summed E-state index contributed by atoms with van der Waals surface area (Å²) in [6, 6.07) is 5.71. The van der Waals surface area contributed by atoms with Crippen molar-refractivity contribution < 1.29 is 5.11 Å². The lowest BCUT2D eigenvalue weighted by molar-refractivity contribution is 0.192. The van der Waals surface area contributed by atoms with Crippen molar-refractivity contribution in [3.8, 4) is 0 Å². The Morgan fingerprint density at radius 3 is 3.06 bits per heavy atom. The van der Waals surface area contributed by atoms with Crippen LogP contribution in [0.3, 0.4) is 0 Å². The molecule has 17 heavy (non-hydrogen) atoms. The number of nitrogens with one attached hydrogen (secondary N) is 2. The summed E-state index contributed by atoms with van der Waals surface area (Å²) in [7, 11) is 1.83. The van der Waals surface area contributed by atoms with E-state index in [0.717, 1.165) is 17.1 Å². The van der Waals surface area contributed by atoms with Gasteiger partial charge in [-0.3, -0.25) is 0 Å². The van der Waals surface area contributed by atoms with Crippen LogP contribution < -0.4 is 10.6 Å². The second-order valence-corrected chi connectivity index (χ2v) is 4.41. The minimum Gasteiger partial charge on any atom is -0.387 e. The third kappa shape index (κ3) is 3.18. The Kier molecular flexibility index (Phi) is 3.95. The monoisotopic (exact) mass is 249 g/mol. The summed E-state index contributed by atoms with van der Waals surface area (Å²) < 4.78 is 0. The number of aliphatic hydroxyl groups excluding tert-OH is 1. The summed E-state index contributed by atoms with van der Waals surface area (Å²) in [5.74, 6) is 0.806. The topological polar surface area (TPSA) is 57.2 Å². The van der Waals surface area contributed by atoms with Crippen LogP contribution in [0.25, 0.3) is 0 Å². The number of pyridine rings is 1. The minimum absolute atomic E-state index is 0.479. The molecular formula is C12H15N3OS. The van der Waals surface area contributed by atoms with Gasteiger partial charge in [0.05, 0.1) is 6.10 Å². The molecule has 2 aromatic rings. The van der Waals surface area contributed by atoms with Gasteiger partial charge >= 0.3 is 0 Å². The maximum atomic E-state index is 9.91. The van der Waals surface area contributed by atoms with Crippen LogP contribution in [0.4, 0.5) is 11.5 Å². The quantitative estimate of drug-likeness (QED) is 0.761. The highest BCUT2D eigenvalue weighted by Gasteiger charge is 2.07. The van der Waals surface area contributed by atoms with Crippen molar-refractivity contribution in [3.05, 3.63) is 40.7 Å². The van der Waals surface area contributed by atoms with Gasteiger partial charge in [-0.25, -0.2) is 4.98 Å². The lowest BCUT2D eigenvalue weighted by Crippen LogP contribution is -2.11. The second kappa shape index (κ2) is 5.65. The maximum Gasteiger partial charge on any atom is 0.127 e. The summed E-state index contributed by atoms with van der Waals surface area (Å²) in [5.41, 5.74) is 1.89. The number of thiophene rings is 1. The molecule has 0 spiro atoms. The van der Waals surface area contributed by atoms with Crippen LogP contribution in [-0.4, -0.2) is 23.7 Å². The molecule has 5 heteroatoms. The summed E-state index contributed by atoms with van der Waals surface area (Å²) in [4.78, 5) is 4.12. The van der Waals surface area contributed by atoms with Crippen LogP contribution in [0.15, 0.2) is 35.2 Å². The molecule has 0 bridgehead atoms. The van der Waals surface area contributed by atoms with Gasteiger partial charge in [-0.15, -0.1) is 0 Å². The van der Waals surface area contributed by atoms with Gasteiger partial charge in [-0.2, -0.15) is 11.3 Å². The van der Waals surface area contributed by atoms with Crippen molar-refractivity contribution >= 4 is 22.8 Å². The SMILES string of the molecule is CNc1cc(NCC(O)c2ccsc2)ccn1. The summed E-state index contributed by atoms with van der Waals surface area (Å²) in [6.07, 6.45) is 1.25. The number of hydrogen-bond acceptors (Lipinski definition) is 5. The highest BCUT2D eigenvalue weighted by atomic mass is 32.1. The van der Waals surface area contributed by atoms with Crippen molar-refractivity contribution in [2.24, 2.45) is 0 Å². The fraction of sp³-hybridized carbons (Fsp3) is 0.250. The van der Waals surface area contributed by atoms with Gasteiger partial charge in [0.15, 0.2) is 0 Å². The normalized spacial score (nSPS) is 12.1. The van der Waals surface area contributed by atoms with Gasteiger partial charge in [0.25, 0.3) is 0 Å². The zero-order valence-electron chi connectivity index (χ0n) is 9.55. The number of rotatable bonds is 5. The Labute approximate surface area is 104 Å². The van der Waals surface area contributed by atoms with E-state index >= 15 is 0 Å². The Hall–Kier alpha value is -1.59. The van der Waals surface area contributed by atoms with E-state index in [1.165, 1.54) is 0 Å². The standard InChI is InChI=1S/C12H15N3OS/c1-13-12-6-10(2-4-14-12)15-7-11(16)9-3-5-17-8-9/h2-6,8,11,16H,7H2,1H3,(H2,13,14,15). The summed E-state index contributed by atoms with van der Waals surface area (Å²) in [5, 5.41) is 20.0. The molecule has 1 unspecified atom stereocenters. The zero-order chi connectivity index (χ0) is 12.1. The third-order valence-corrected chi connectivity index (χ3v) is 3.15. The molecule has 2 aromatic heterocycles. The highest BCUT2D eigenvalue weighted by molar-refractivity contribution is 7.07. The van der Waals surface area contributed by atoms with E-state index in [9.17, 15) is 5.11 Å². The largest absolute Gasteiger partial charge is 0.387 e. The van der Waals surface area contributed by atoms with E-state index in [4.69, 9.17) is 0 Å². The first-order chi connectivity index (χ1) is 8.29. The van der Waals surface area contributed by atoms with E-state index in [-0.39, 0.29) is 0 Å². The molecular weight excluding hydrogens is 234 g/mol. The first kappa shape index (κ1) is 11.9. The van der Waals surface area contributed by atoms with Crippen LogP contribution in [0.1, 0.15) is 11.7 Å².